The molecular formula is C12H14O. The molecule has 0 unspecified atom stereocenters. The van der Waals surface area contributed by atoms with Crippen LogP contribution in [-0.4, -0.2) is 5.11 Å². The highest BCUT2D eigenvalue weighted by Crippen LogP contribution is 2.33. The Labute approximate surface area is 78.7 Å². The van der Waals surface area contributed by atoms with Crippen molar-refractivity contribution in [1.82, 2.24) is 0 Å². The van der Waals surface area contributed by atoms with Crippen LogP contribution in [0, 0.1) is 5.92 Å². The zero-order chi connectivity index (χ0) is 9.26. The summed E-state index contributed by atoms with van der Waals surface area (Å²) >= 11 is 0. The van der Waals surface area contributed by atoms with Crippen molar-refractivity contribution in [3.63, 3.8) is 0 Å². The van der Waals surface area contributed by atoms with Gasteiger partial charge in [0.2, 0.25) is 0 Å². The highest BCUT2D eigenvalue weighted by atomic mass is 16.3. The minimum absolute atomic E-state index is 0.287. The Hall–Kier alpha value is -1.08. The predicted octanol–water partition coefficient (Wildman–Crippen LogP) is 2.77. The van der Waals surface area contributed by atoms with Crippen molar-refractivity contribution >= 4 is 6.08 Å². The van der Waals surface area contributed by atoms with Crippen LogP contribution in [-0.2, 0) is 0 Å². The first-order valence-electron chi connectivity index (χ1n) is 4.78. The molecule has 1 nitrogen and oxygen atoms in total. The number of hydrogen-bond donors (Lipinski definition) is 1. The molecule has 0 fully saturated rings. The minimum Gasteiger partial charge on any atom is -0.388 e. The van der Waals surface area contributed by atoms with Crippen LogP contribution in [0.1, 0.15) is 30.6 Å². The van der Waals surface area contributed by atoms with Crippen molar-refractivity contribution in [2.24, 2.45) is 5.92 Å². The Morgan fingerprint density at radius 3 is 2.85 bits per heavy atom. The molecule has 0 saturated carbocycles. The third kappa shape index (κ3) is 1.40. The normalized spacial score (nSPS) is 25.7. The summed E-state index contributed by atoms with van der Waals surface area (Å²) in [4.78, 5) is 0. The van der Waals surface area contributed by atoms with E-state index >= 15 is 0 Å². The highest BCUT2D eigenvalue weighted by molar-refractivity contribution is 5.57. The van der Waals surface area contributed by atoms with Gasteiger partial charge in [-0.15, -0.1) is 0 Å². The standard InChI is InChI=1S/C12H14O/c1-2-9-7-8-10-5-3-4-6-11(10)12(9)13/h3-9,12-13H,2H2,1H3/t9-,12+/m0/s1. The Kier molecular flexibility index (Phi) is 2.19. The van der Waals surface area contributed by atoms with E-state index in [2.05, 4.69) is 19.1 Å². The number of rotatable bonds is 1. The lowest BCUT2D eigenvalue weighted by atomic mass is 9.85. The summed E-state index contributed by atoms with van der Waals surface area (Å²) < 4.78 is 0. The van der Waals surface area contributed by atoms with Crippen LogP contribution in [0.3, 0.4) is 0 Å². The Balaban J connectivity index is 2.42. The van der Waals surface area contributed by atoms with E-state index in [4.69, 9.17) is 0 Å². The van der Waals surface area contributed by atoms with E-state index in [0.29, 0.717) is 0 Å². The fourth-order valence-corrected chi connectivity index (χ4v) is 1.85. The molecule has 1 N–H and O–H groups in total. The van der Waals surface area contributed by atoms with Gasteiger partial charge in [0.25, 0.3) is 0 Å². The molecule has 0 heterocycles. The summed E-state index contributed by atoms with van der Waals surface area (Å²) in [5.41, 5.74) is 2.22. The topological polar surface area (TPSA) is 20.2 Å². The molecule has 1 aliphatic rings. The zero-order valence-corrected chi connectivity index (χ0v) is 7.77. The molecule has 2 rings (SSSR count). The second-order valence-corrected chi connectivity index (χ2v) is 3.50. The molecule has 0 saturated heterocycles. The fraction of sp³-hybridized carbons (Fsp3) is 0.333. The van der Waals surface area contributed by atoms with Crippen molar-refractivity contribution < 1.29 is 5.11 Å². The van der Waals surface area contributed by atoms with Gasteiger partial charge in [0.1, 0.15) is 0 Å². The van der Waals surface area contributed by atoms with E-state index in [1.807, 2.05) is 24.3 Å². The third-order valence-electron chi connectivity index (χ3n) is 2.71. The molecular weight excluding hydrogens is 160 g/mol. The number of hydrogen-bond acceptors (Lipinski definition) is 1. The number of fused-ring (bicyclic) bond motifs is 1. The van der Waals surface area contributed by atoms with E-state index in [-0.39, 0.29) is 12.0 Å². The van der Waals surface area contributed by atoms with Gasteiger partial charge in [0, 0.05) is 5.92 Å². The van der Waals surface area contributed by atoms with E-state index in [1.165, 1.54) is 0 Å². The lowest BCUT2D eigenvalue weighted by Gasteiger charge is -2.24. The van der Waals surface area contributed by atoms with Gasteiger partial charge in [-0.25, -0.2) is 0 Å². The Morgan fingerprint density at radius 2 is 2.08 bits per heavy atom. The van der Waals surface area contributed by atoms with E-state index < -0.39 is 0 Å². The SMILES string of the molecule is CC[C@H]1C=Cc2ccccc2[C@@H]1O. The van der Waals surface area contributed by atoms with Crippen LogP contribution in [0.15, 0.2) is 30.3 Å². The zero-order valence-electron chi connectivity index (χ0n) is 7.77. The molecule has 1 aliphatic carbocycles. The molecule has 0 spiro atoms. The smallest absolute Gasteiger partial charge is 0.0858 e. The molecule has 68 valence electrons. The van der Waals surface area contributed by atoms with Gasteiger partial charge in [0.05, 0.1) is 6.10 Å². The van der Waals surface area contributed by atoms with Crippen LogP contribution >= 0.6 is 0 Å². The molecule has 0 radical (unpaired) electrons. The Morgan fingerprint density at radius 1 is 1.31 bits per heavy atom. The molecule has 0 aliphatic heterocycles. The molecule has 0 bridgehead atoms. The van der Waals surface area contributed by atoms with Gasteiger partial charge in [-0.1, -0.05) is 43.3 Å². The number of benzene rings is 1. The maximum Gasteiger partial charge on any atom is 0.0858 e. The van der Waals surface area contributed by atoms with Crippen molar-refractivity contribution in [2.45, 2.75) is 19.4 Å². The molecule has 2 atom stereocenters. The van der Waals surface area contributed by atoms with Crippen LogP contribution < -0.4 is 0 Å². The largest absolute Gasteiger partial charge is 0.388 e. The van der Waals surface area contributed by atoms with Gasteiger partial charge in [-0.3, -0.25) is 0 Å². The second-order valence-electron chi connectivity index (χ2n) is 3.50. The molecule has 1 aromatic rings. The average Bonchev–Trinajstić information content (AvgIpc) is 2.19. The van der Waals surface area contributed by atoms with Crippen molar-refractivity contribution in [2.75, 3.05) is 0 Å². The van der Waals surface area contributed by atoms with Gasteiger partial charge >= 0.3 is 0 Å². The number of aliphatic hydroxyl groups excluding tert-OH is 1. The molecule has 0 amide bonds. The summed E-state index contributed by atoms with van der Waals surface area (Å²) in [7, 11) is 0. The summed E-state index contributed by atoms with van der Waals surface area (Å²) in [5, 5.41) is 9.97. The first-order valence-corrected chi connectivity index (χ1v) is 4.78. The van der Waals surface area contributed by atoms with Crippen LogP contribution in [0.2, 0.25) is 0 Å². The monoisotopic (exact) mass is 174 g/mol. The van der Waals surface area contributed by atoms with Crippen molar-refractivity contribution in [3.8, 4) is 0 Å². The highest BCUT2D eigenvalue weighted by Gasteiger charge is 2.21. The maximum absolute atomic E-state index is 9.97. The quantitative estimate of drug-likeness (QED) is 0.694. The Bertz CT molecular complexity index is 328. The first-order chi connectivity index (χ1) is 6.33. The fourth-order valence-electron chi connectivity index (χ4n) is 1.85. The van der Waals surface area contributed by atoms with Crippen molar-refractivity contribution in [3.05, 3.63) is 41.5 Å². The second kappa shape index (κ2) is 3.35. The summed E-state index contributed by atoms with van der Waals surface area (Å²) in [6.45, 7) is 2.10. The van der Waals surface area contributed by atoms with Crippen LogP contribution in [0.25, 0.3) is 6.08 Å². The lowest BCUT2D eigenvalue weighted by molar-refractivity contribution is 0.128. The summed E-state index contributed by atoms with van der Waals surface area (Å²) in [6.07, 6.45) is 4.89. The van der Waals surface area contributed by atoms with Gasteiger partial charge in [0.15, 0.2) is 0 Å². The molecule has 13 heavy (non-hydrogen) atoms. The van der Waals surface area contributed by atoms with E-state index in [1.54, 1.807) is 0 Å². The van der Waals surface area contributed by atoms with E-state index in [0.717, 1.165) is 17.5 Å². The lowest BCUT2D eigenvalue weighted by Crippen LogP contribution is -2.13. The molecule has 1 aromatic carbocycles. The van der Waals surface area contributed by atoms with Gasteiger partial charge < -0.3 is 5.11 Å². The van der Waals surface area contributed by atoms with Crippen LogP contribution in [0.5, 0.6) is 0 Å². The van der Waals surface area contributed by atoms with Crippen molar-refractivity contribution in [1.29, 1.82) is 0 Å². The third-order valence-corrected chi connectivity index (χ3v) is 2.71. The van der Waals surface area contributed by atoms with Crippen LogP contribution in [0.4, 0.5) is 0 Å². The number of aliphatic hydroxyl groups is 1. The maximum atomic E-state index is 9.97. The summed E-state index contributed by atoms with van der Waals surface area (Å²) in [6, 6.07) is 8.03. The van der Waals surface area contributed by atoms with Gasteiger partial charge in [-0.05, 0) is 17.5 Å². The summed E-state index contributed by atoms with van der Waals surface area (Å²) in [5.74, 6) is 0.287. The molecule has 1 heteroatoms. The van der Waals surface area contributed by atoms with Gasteiger partial charge in [-0.2, -0.15) is 0 Å². The predicted molar refractivity (Wildman–Crippen MR) is 54.2 cm³/mol. The molecule has 0 aromatic heterocycles. The average molecular weight is 174 g/mol. The van der Waals surface area contributed by atoms with E-state index in [9.17, 15) is 5.11 Å². The first kappa shape index (κ1) is 8.52. The minimum atomic E-state index is -0.314.